The standard InChI is InChI=1S/C16H22N4O8/c17-11(21)3-1-9(18-7-8-20-12(22)4-5-13(20)23)15(26)19-10(16(27)28)2-6-14(24)25/h4-5,9-10,18H,1-3,6-8H2,(H2,17,21)(H,19,26)(H,24,25)(H,27,28)/t9-,10+/m1/s1/i/hD. The Morgan fingerprint density at radius 2 is 1.64 bits per heavy atom. The number of amides is 4. The minimum Gasteiger partial charge on any atom is -0.481 e. The molecule has 0 fully saturated rings. The summed E-state index contributed by atoms with van der Waals surface area (Å²) in [4.78, 5) is 69.4. The fourth-order valence-corrected chi connectivity index (χ4v) is 2.34. The van der Waals surface area contributed by atoms with Gasteiger partial charge in [-0.3, -0.25) is 28.9 Å². The maximum atomic E-state index is 12.5. The highest BCUT2D eigenvalue weighted by Gasteiger charge is 2.27. The number of nitrogens with two attached hydrogens (primary N) is 1. The molecule has 1 rings (SSSR count). The van der Waals surface area contributed by atoms with Gasteiger partial charge in [-0.25, -0.2) is 4.79 Å². The third-order valence-electron chi connectivity index (χ3n) is 3.80. The molecule has 154 valence electrons. The molecule has 2 atom stereocenters. The Kier molecular flexibility index (Phi) is 8.09. The Bertz CT molecular complexity index is 708. The van der Waals surface area contributed by atoms with Gasteiger partial charge in [-0.2, -0.15) is 0 Å². The monoisotopic (exact) mass is 399 g/mol. The molecule has 0 aromatic carbocycles. The number of carboxylic acids is 2. The highest BCUT2D eigenvalue weighted by Crippen LogP contribution is 2.05. The lowest BCUT2D eigenvalue weighted by Crippen LogP contribution is -2.51. The molecule has 28 heavy (non-hydrogen) atoms. The van der Waals surface area contributed by atoms with Gasteiger partial charge in [0.25, 0.3) is 11.8 Å². The second-order valence-corrected chi connectivity index (χ2v) is 5.92. The molecule has 1 aliphatic rings. The minimum absolute atomic E-state index is 0.199. The second-order valence-electron chi connectivity index (χ2n) is 5.92. The van der Waals surface area contributed by atoms with Crippen molar-refractivity contribution in [3.8, 4) is 0 Å². The molecule has 6 N–H and O–H groups in total. The number of rotatable bonds is 13. The quantitative estimate of drug-likeness (QED) is 0.209. The van der Waals surface area contributed by atoms with Crippen LogP contribution in [0.15, 0.2) is 12.2 Å². The molecule has 0 radical (unpaired) electrons. The molecule has 1 aliphatic heterocycles. The second kappa shape index (κ2) is 10.8. The van der Waals surface area contributed by atoms with Crippen molar-refractivity contribution >= 4 is 35.6 Å². The van der Waals surface area contributed by atoms with Crippen molar-refractivity contribution in [1.29, 1.82) is 0 Å². The average Bonchev–Trinajstić information content (AvgIpc) is 2.94. The Balaban J connectivity index is 2.80. The Morgan fingerprint density at radius 3 is 2.14 bits per heavy atom. The average molecular weight is 399 g/mol. The van der Waals surface area contributed by atoms with E-state index in [4.69, 9.17) is 17.4 Å². The molecule has 0 spiro atoms. The van der Waals surface area contributed by atoms with Gasteiger partial charge < -0.3 is 26.6 Å². The number of hydrogen-bond donors (Lipinski definition) is 5. The number of carbonyl (C=O) groups excluding carboxylic acids is 4. The van der Waals surface area contributed by atoms with E-state index in [1.807, 2.05) is 0 Å². The van der Waals surface area contributed by atoms with Crippen LogP contribution < -0.4 is 16.4 Å². The van der Waals surface area contributed by atoms with Crippen LogP contribution in [0.25, 0.3) is 0 Å². The summed E-state index contributed by atoms with van der Waals surface area (Å²) in [6.07, 6.45) is 0.764. The number of nitrogens with zero attached hydrogens (tertiary/aromatic N) is 1. The minimum atomic E-state index is -1.51. The summed E-state index contributed by atoms with van der Waals surface area (Å²) >= 11 is 0. The van der Waals surface area contributed by atoms with Crippen LogP contribution in [0.3, 0.4) is 0 Å². The number of primary amides is 1. The zero-order valence-electron chi connectivity index (χ0n) is 15.9. The summed E-state index contributed by atoms with van der Waals surface area (Å²) in [5.74, 6) is -5.50. The van der Waals surface area contributed by atoms with Crippen molar-refractivity contribution in [2.75, 3.05) is 13.1 Å². The predicted octanol–water partition coefficient (Wildman–Crippen LogP) is -2.43. The SMILES string of the molecule is [2H]N(CCN1C(=O)C=CC1=O)[C@H](CCC(N)=O)C(=O)N[C@@H](CCC(=O)O)C(=O)O. The first-order valence-electron chi connectivity index (χ1n) is 8.80. The normalized spacial score (nSPS) is 16.0. The summed E-state index contributed by atoms with van der Waals surface area (Å²) in [6, 6.07) is -2.82. The molecule has 0 saturated heterocycles. The number of carbonyl (C=O) groups is 6. The lowest BCUT2D eigenvalue weighted by atomic mass is 10.1. The number of imide groups is 1. The van der Waals surface area contributed by atoms with Gasteiger partial charge in [-0.15, -0.1) is 0 Å². The number of hydrogen-bond acceptors (Lipinski definition) is 7. The van der Waals surface area contributed by atoms with Gasteiger partial charge in [0.1, 0.15) is 7.45 Å². The molecule has 0 aliphatic carbocycles. The van der Waals surface area contributed by atoms with Crippen LogP contribution in [-0.2, 0) is 28.8 Å². The Labute approximate surface area is 161 Å². The molecule has 0 unspecified atom stereocenters. The summed E-state index contributed by atoms with van der Waals surface area (Å²) in [7, 11) is 0. The fraction of sp³-hybridized carbons (Fsp3) is 0.500. The van der Waals surface area contributed by atoms with Gasteiger partial charge >= 0.3 is 11.9 Å². The summed E-state index contributed by atoms with van der Waals surface area (Å²) in [5, 5.41) is 20.7. The smallest absolute Gasteiger partial charge is 0.326 e. The fourth-order valence-electron chi connectivity index (χ4n) is 2.34. The zero-order valence-corrected chi connectivity index (χ0v) is 14.9. The topological polar surface area (TPSA) is 196 Å². The van der Waals surface area contributed by atoms with Crippen molar-refractivity contribution < 1.29 is 40.4 Å². The molecule has 4 amide bonds. The van der Waals surface area contributed by atoms with E-state index in [1.165, 1.54) is 0 Å². The highest BCUT2D eigenvalue weighted by molar-refractivity contribution is 6.12. The molecular weight excluding hydrogens is 376 g/mol. The molecule has 0 aromatic heterocycles. The zero-order chi connectivity index (χ0) is 22.1. The van der Waals surface area contributed by atoms with Crippen LogP contribution >= 0.6 is 0 Å². The van der Waals surface area contributed by atoms with E-state index in [0.717, 1.165) is 17.1 Å². The molecule has 0 saturated carbocycles. The molecule has 12 heteroatoms. The van der Waals surface area contributed by atoms with Crippen LogP contribution in [0, 0.1) is 0 Å². The van der Waals surface area contributed by atoms with Crippen molar-refractivity contribution in [1.82, 2.24) is 15.5 Å². The van der Waals surface area contributed by atoms with Gasteiger partial charge in [0.05, 0.1) is 6.04 Å². The number of carboxylic acid groups (broad SMARTS) is 2. The van der Waals surface area contributed by atoms with Crippen LogP contribution in [-0.4, -0.2) is 75.9 Å². The van der Waals surface area contributed by atoms with Crippen LogP contribution in [0.4, 0.5) is 0 Å². The van der Waals surface area contributed by atoms with Gasteiger partial charge in [-0.1, -0.05) is 0 Å². The first-order chi connectivity index (χ1) is 13.5. The summed E-state index contributed by atoms with van der Waals surface area (Å²) < 4.78 is 8.03. The molecular formula is C16H22N4O8. The predicted molar refractivity (Wildman–Crippen MR) is 92.5 cm³/mol. The highest BCUT2D eigenvalue weighted by atomic mass is 16.4. The first-order valence-corrected chi connectivity index (χ1v) is 8.35. The molecule has 0 aromatic rings. The first kappa shape index (κ1) is 21.0. The lowest BCUT2D eigenvalue weighted by Gasteiger charge is -2.22. The number of nitrogens with one attached hydrogen (secondary N) is 2. The maximum Gasteiger partial charge on any atom is 0.326 e. The third kappa shape index (κ3) is 7.53. The molecule has 1 heterocycles. The van der Waals surface area contributed by atoms with Crippen molar-refractivity contribution in [3.05, 3.63) is 12.2 Å². The maximum absolute atomic E-state index is 12.5. The van der Waals surface area contributed by atoms with Crippen LogP contribution in [0.2, 0.25) is 1.41 Å². The van der Waals surface area contributed by atoms with E-state index >= 15 is 0 Å². The van der Waals surface area contributed by atoms with Crippen LogP contribution in [0.5, 0.6) is 0 Å². The van der Waals surface area contributed by atoms with Crippen molar-refractivity contribution in [2.45, 2.75) is 37.8 Å². The van der Waals surface area contributed by atoms with Gasteiger partial charge in [0.15, 0.2) is 0 Å². The van der Waals surface area contributed by atoms with Crippen molar-refractivity contribution in [3.63, 3.8) is 0 Å². The van der Waals surface area contributed by atoms with E-state index in [9.17, 15) is 28.8 Å². The van der Waals surface area contributed by atoms with E-state index in [2.05, 4.69) is 5.32 Å². The molecule has 0 bridgehead atoms. The van der Waals surface area contributed by atoms with Crippen molar-refractivity contribution in [2.24, 2.45) is 5.73 Å². The Hall–Kier alpha value is -3.28. The van der Waals surface area contributed by atoms with Gasteiger partial charge in [0, 0.05) is 38.1 Å². The number of aliphatic carboxylic acids is 2. The van der Waals surface area contributed by atoms with E-state index in [1.54, 1.807) is 0 Å². The summed E-state index contributed by atoms with van der Waals surface area (Å²) in [5.41, 5.74) is 5.07. The van der Waals surface area contributed by atoms with Gasteiger partial charge in [-0.05, 0) is 12.8 Å². The summed E-state index contributed by atoms with van der Waals surface area (Å²) in [6.45, 7) is -0.446. The van der Waals surface area contributed by atoms with Gasteiger partial charge in [0.2, 0.25) is 11.8 Å². The molecule has 12 nitrogen and oxygen atoms in total. The van der Waals surface area contributed by atoms with E-state index < -0.39 is 54.1 Å². The van der Waals surface area contributed by atoms with Crippen LogP contribution in [0.1, 0.15) is 25.7 Å². The lowest BCUT2D eigenvalue weighted by molar-refractivity contribution is -0.143. The van der Waals surface area contributed by atoms with E-state index in [-0.39, 0.29) is 32.4 Å². The largest absolute Gasteiger partial charge is 0.481 e. The third-order valence-corrected chi connectivity index (χ3v) is 3.80. The van der Waals surface area contributed by atoms with E-state index in [0.29, 0.717) is 5.31 Å². The Morgan fingerprint density at radius 1 is 1.07 bits per heavy atom.